The van der Waals surface area contributed by atoms with Crippen LogP contribution in [0.2, 0.25) is 0 Å². The van der Waals surface area contributed by atoms with Gasteiger partial charge in [0.2, 0.25) is 0 Å². The van der Waals surface area contributed by atoms with Gasteiger partial charge in [0, 0.05) is 6.42 Å². The molecule has 0 aliphatic heterocycles. The normalized spacial score (nSPS) is 12.6. The molecule has 0 amide bonds. The zero-order valence-electron chi connectivity index (χ0n) is 8.37. The first-order chi connectivity index (χ1) is 6.15. The van der Waals surface area contributed by atoms with Crippen molar-refractivity contribution >= 4 is 0 Å². The lowest BCUT2D eigenvalue weighted by Crippen LogP contribution is -2.06. The highest BCUT2D eigenvalue weighted by Gasteiger charge is 2.07. The van der Waals surface area contributed by atoms with E-state index in [9.17, 15) is 5.11 Å². The quantitative estimate of drug-likeness (QED) is 0.770. The number of aliphatic hydroxyl groups is 1. The Balaban J connectivity index is 2.98. The molecular weight excluding hydrogens is 164 g/mol. The average molecular weight is 180 g/mol. The van der Waals surface area contributed by atoms with Crippen LogP contribution in [0.3, 0.4) is 0 Å². The van der Waals surface area contributed by atoms with Crippen LogP contribution in [0.4, 0.5) is 0 Å². The molecule has 0 aromatic heterocycles. The number of methoxy groups -OCH3 is 1. The molecule has 0 unspecified atom stereocenters. The van der Waals surface area contributed by atoms with Gasteiger partial charge in [-0.15, -0.1) is 0 Å². The molecule has 0 spiro atoms. The number of para-hydroxylation sites is 1. The zero-order valence-corrected chi connectivity index (χ0v) is 8.37. The number of aryl methyl sites for hydroxylation is 1. The third kappa shape index (κ3) is 2.46. The second-order valence-corrected chi connectivity index (χ2v) is 3.32. The van der Waals surface area contributed by atoms with Crippen LogP contribution in [-0.4, -0.2) is 18.3 Å². The van der Waals surface area contributed by atoms with Crippen molar-refractivity contribution in [1.82, 2.24) is 0 Å². The van der Waals surface area contributed by atoms with Crippen molar-refractivity contribution < 1.29 is 9.84 Å². The van der Waals surface area contributed by atoms with Gasteiger partial charge in [-0.1, -0.05) is 18.2 Å². The molecule has 1 rings (SSSR count). The van der Waals surface area contributed by atoms with Gasteiger partial charge in [-0.3, -0.25) is 0 Å². The predicted molar refractivity (Wildman–Crippen MR) is 53.1 cm³/mol. The van der Waals surface area contributed by atoms with Crippen LogP contribution in [0.1, 0.15) is 18.1 Å². The molecule has 0 bridgehead atoms. The molecule has 0 fully saturated rings. The Labute approximate surface area is 79.2 Å². The molecule has 2 nitrogen and oxygen atoms in total. The maximum absolute atomic E-state index is 9.26. The van der Waals surface area contributed by atoms with Crippen LogP contribution in [0, 0.1) is 6.92 Å². The molecule has 1 aromatic carbocycles. The van der Waals surface area contributed by atoms with E-state index in [1.54, 1.807) is 14.0 Å². The number of rotatable bonds is 3. The van der Waals surface area contributed by atoms with Crippen LogP contribution in [0.25, 0.3) is 0 Å². The molecule has 0 heterocycles. The van der Waals surface area contributed by atoms with E-state index in [2.05, 4.69) is 0 Å². The van der Waals surface area contributed by atoms with Crippen molar-refractivity contribution in [2.75, 3.05) is 7.11 Å². The molecule has 13 heavy (non-hydrogen) atoms. The highest BCUT2D eigenvalue weighted by atomic mass is 16.5. The van der Waals surface area contributed by atoms with E-state index in [1.165, 1.54) is 0 Å². The van der Waals surface area contributed by atoms with E-state index in [0.717, 1.165) is 16.9 Å². The number of benzene rings is 1. The van der Waals surface area contributed by atoms with Gasteiger partial charge in [-0.2, -0.15) is 0 Å². The minimum Gasteiger partial charge on any atom is -0.496 e. The molecule has 0 saturated heterocycles. The summed E-state index contributed by atoms with van der Waals surface area (Å²) in [7, 11) is 1.66. The second-order valence-electron chi connectivity index (χ2n) is 3.32. The molecule has 72 valence electrons. The molecular formula is C11H16O2. The van der Waals surface area contributed by atoms with Crippen LogP contribution in [-0.2, 0) is 6.42 Å². The van der Waals surface area contributed by atoms with Crippen LogP contribution in [0.5, 0.6) is 5.75 Å². The summed E-state index contributed by atoms with van der Waals surface area (Å²) in [5.41, 5.74) is 2.18. The van der Waals surface area contributed by atoms with Crippen molar-refractivity contribution in [3.8, 4) is 5.75 Å². The first-order valence-corrected chi connectivity index (χ1v) is 4.45. The van der Waals surface area contributed by atoms with Gasteiger partial charge in [-0.05, 0) is 25.0 Å². The van der Waals surface area contributed by atoms with Crippen molar-refractivity contribution in [3.63, 3.8) is 0 Å². The van der Waals surface area contributed by atoms with Gasteiger partial charge in [0.15, 0.2) is 0 Å². The fraction of sp³-hybridized carbons (Fsp3) is 0.455. The highest BCUT2D eigenvalue weighted by molar-refractivity contribution is 5.40. The minimum absolute atomic E-state index is 0.323. The molecule has 1 atom stereocenters. The molecule has 0 saturated carbocycles. The molecule has 0 aliphatic rings. The topological polar surface area (TPSA) is 29.5 Å². The maximum Gasteiger partial charge on any atom is 0.125 e. The summed E-state index contributed by atoms with van der Waals surface area (Å²) in [5, 5.41) is 9.26. The number of hydrogen-bond acceptors (Lipinski definition) is 2. The van der Waals surface area contributed by atoms with Crippen LogP contribution in [0.15, 0.2) is 18.2 Å². The summed E-state index contributed by atoms with van der Waals surface area (Å²) < 4.78 is 5.27. The third-order valence-corrected chi connectivity index (χ3v) is 2.01. The van der Waals surface area contributed by atoms with E-state index >= 15 is 0 Å². The molecule has 0 radical (unpaired) electrons. The number of ether oxygens (including phenoxy) is 1. The lowest BCUT2D eigenvalue weighted by Gasteiger charge is -2.12. The van der Waals surface area contributed by atoms with Crippen molar-refractivity contribution in [1.29, 1.82) is 0 Å². The van der Waals surface area contributed by atoms with Gasteiger partial charge in [-0.25, -0.2) is 0 Å². The maximum atomic E-state index is 9.26. The SMILES string of the molecule is COc1c(C)cccc1C[C@H](C)O. The van der Waals surface area contributed by atoms with E-state index < -0.39 is 0 Å². The van der Waals surface area contributed by atoms with E-state index in [4.69, 9.17) is 4.74 Å². The monoisotopic (exact) mass is 180 g/mol. The first-order valence-electron chi connectivity index (χ1n) is 4.45. The van der Waals surface area contributed by atoms with Crippen molar-refractivity contribution in [3.05, 3.63) is 29.3 Å². The first kappa shape index (κ1) is 10.1. The molecule has 1 N–H and O–H groups in total. The van der Waals surface area contributed by atoms with Gasteiger partial charge in [0.1, 0.15) is 5.75 Å². The van der Waals surface area contributed by atoms with Crippen LogP contribution < -0.4 is 4.74 Å². The lowest BCUT2D eigenvalue weighted by molar-refractivity contribution is 0.194. The van der Waals surface area contributed by atoms with E-state index in [0.29, 0.717) is 6.42 Å². The molecule has 1 aromatic rings. The fourth-order valence-electron chi connectivity index (χ4n) is 1.48. The van der Waals surface area contributed by atoms with Gasteiger partial charge < -0.3 is 9.84 Å². The standard InChI is InChI=1S/C11H16O2/c1-8-5-4-6-10(7-9(2)12)11(8)13-3/h4-6,9,12H,7H2,1-3H3/t9-/m0/s1. The Kier molecular flexibility index (Phi) is 3.32. The van der Waals surface area contributed by atoms with Crippen molar-refractivity contribution in [2.24, 2.45) is 0 Å². The van der Waals surface area contributed by atoms with Gasteiger partial charge >= 0.3 is 0 Å². The summed E-state index contributed by atoms with van der Waals surface area (Å²) in [6.45, 7) is 3.78. The van der Waals surface area contributed by atoms with E-state index in [1.807, 2.05) is 25.1 Å². The largest absolute Gasteiger partial charge is 0.496 e. The molecule has 0 aliphatic carbocycles. The third-order valence-electron chi connectivity index (χ3n) is 2.01. The summed E-state index contributed by atoms with van der Waals surface area (Å²) in [6, 6.07) is 5.97. The van der Waals surface area contributed by atoms with Crippen LogP contribution >= 0.6 is 0 Å². The second kappa shape index (κ2) is 4.28. The summed E-state index contributed by atoms with van der Waals surface area (Å²) in [4.78, 5) is 0. The van der Waals surface area contributed by atoms with Crippen molar-refractivity contribution in [2.45, 2.75) is 26.4 Å². The van der Waals surface area contributed by atoms with Gasteiger partial charge in [0.05, 0.1) is 13.2 Å². The van der Waals surface area contributed by atoms with E-state index in [-0.39, 0.29) is 6.10 Å². The Hall–Kier alpha value is -1.02. The predicted octanol–water partition coefficient (Wildman–Crippen LogP) is 1.93. The Morgan fingerprint density at radius 1 is 1.46 bits per heavy atom. The minimum atomic E-state index is -0.323. The molecule has 2 heteroatoms. The summed E-state index contributed by atoms with van der Waals surface area (Å²) in [6.07, 6.45) is 0.320. The fourth-order valence-corrected chi connectivity index (χ4v) is 1.48. The Bertz CT molecular complexity index is 279. The number of aliphatic hydroxyl groups excluding tert-OH is 1. The summed E-state index contributed by atoms with van der Waals surface area (Å²) >= 11 is 0. The number of hydrogen-bond donors (Lipinski definition) is 1. The zero-order chi connectivity index (χ0) is 9.84. The Morgan fingerprint density at radius 2 is 2.15 bits per heavy atom. The smallest absolute Gasteiger partial charge is 0.125 e. The average Bonchev–Trinajstić information content (AvgIpc) is 2.03. The lowest BCUT2D eigenvalue weighted by atomic mass is 10.0. The Morgan fingerprint density at radius 3 is 2.69 bits per heavy atom. The van der Waals surface area contributed by atoms with Gasteiger partial charge in [0.25, 0.3) is 0 Å². The summed E-state index contributed by atoms with van der Waals surface area (Å²) in [5.74, 6) is 0.892. The highest BCUT2D eigenvalue weighted by Crippen LogP contribution is 2.23.